The summed E-state index contributed by atoms with van der Waals surface area (Å²) < 4.78 is 44.6. The number of halogens is 3. The van der Waals surface area contributed by atoms with Gasteiger partial charge in [0.25, 0.3) is 0 Å². The van der Waals surface area contributed by atoms with Crippen LogP contribution < -0.4 is 10.2 Å². The summed E-state index contributed by atoms with van der Waals surface area (Å²) in [5.41, 5.74) is 4.71. The quantitative estimate of drug-likeness (QED) is 0.227. The minimum Gasteiger partial charge on any atom is -0.462 e. The number of unbranched alkanes of at least 4 members (excludes halogenated alkanes) is 1. The topological polar surface area (TPSA) is 61.9 Å². The van der Waals surface area contributed by atoms with Gasteiger partial charge in [0.15, 0.2) is 0 Å². The molecule has 1 saturated heterocycles. The number of ether oxygens (including phenoxy) is 1. The Morgan fingerprint density at radius 3 is 2.12 bits per heavy atom. The number of piperazine rings is 1. The summed E-state index contributed by atoms with van der Waals surface area (Å²) >= 11 is 0. The number of rotatable bonds is 10. The highest BCUT2D eigenvalue weighted by Gasteiger charge is 2.49. The van der Waals surface area contributed by atoms with Gasteiger partial charge >= 0.3 is 12.1 Å². The molecule has 0 aromatic heterocycles. The van der Waals surface area contributed by atoms with Crippen LogP contribution in [0.3, 0.4) is 0 Å². The number of amides is 1. The van der Waals surface area contributed by atoms with Crippen LogP contribution in [0.4, 0.5) is 18.9 Å². The number of benzene rings is 3. The molecule has 0 unspecified atom stereocenters. The summed E-state index contributed by atoms with van der Waals surface area (Å²) in [7, 11) is 0. The Morgan fingerprint density at radius 1 is 0.884 bits per heavy atom. The summed E-state index contributed by atoms with van der Waals surface area (Å²) in [5.74, 6) is -0.908. The second kappa shape index (κ2) is 12.8. The van der Waals surface area contributed by atoms with Gasteiger partial charge in [-0.05, 0) is 73.2 Å². The molecule has 0 atom stereocenters. The molecule has 0 spiro atoms. The number of carbonyl (C=O) groups excluding carboxylic acids is 2. The maximum atomic E-state index is 13.7. The third-order valence-electron chi connectivity index (χ3n) is 8.69. The Kier molecular flexibility index (Phi) is 9.11. The van der Waals surface area contributed by atoms with Gasteiger partial charge in [-0.2, -0.15) is 13.2 Å². The molecule has 1 amide bonds. The molecule has 3 aromatic carbocycles. The summed E-state index contributed by atoms with van der Waals surface area (Å²) in [6.07, 6.45) is -2.57. The molecule has 9 heteroatoms. The van der Waals surface area contributed by atoms with Gasteiger partial charge in [-0.25, -0.2) is 4.79 Å². The molecule has 1 aliphatic carbocycles. The van der Waals surface area contributed by atoms with E-state index in [-0.39, 0.29) is 5.97 Å². The molecule has 0 radical (unpaired) electrons. The van der Waals surface area contributed by atoms with E-state index in [2.05, 4.69) is 15.1 Å². The summed E-state index contributed by atoms with van der Waals surface area (Å²) in [4.78, 5) is 30.7. The smallest absolute Gasteiger partial charge is 0.405 e. The van der Waals surface area contributed by atoms with Crippen molar-refractivity contribution in [2.45, 2.75) is 44.7 Å². The van der Waals surface area contributed by atoms with E-state index in [1.807, 2.05) is 67.6 Å². The second-order valence-electron chi connectivity index (χ2n) is 11.3. The van der Waals surface area contributed by atoms with Gasteiger partial charge in [0.05, 0.1) is 12.2 Å². The Hall–Kier alpha value is -3.85. The van der Waals surface area contributed by atoms with Crippen molar-refractivity contribution in [1.82, 2.24) is 10.2 Å². The minimum absolute atomic E-state index is 0.308. The molecule has 0 bridgehead atoms. The number of hydrogen-bond acceptors (Lipinski definition) is 5. The maximum Gasteiger partial charge on any atom is 0.405 e. The fourth-order valence-electron chi connectivity index (χ4n) is 6.62. The largest absolute Gasteiger partial charge is 0.462 e. The minimum atomic E-state index is -4.49. The number of nitrogens with one attached hydrogen (secondary N) is 1. The molecule has 1 N–H and O–H groups in total. The molecule has 228 valence electrons. The van der Waals surface area contributed by atoms with Crippen molar-refractivity contribution in [2.24, 2.45) is 0 Å². The van der Waals surface area contributed by atoms with Crippen molar-refractivity contribution in [3.63, 3.8) is 0 Å². The monoisotopic (exact) mass is 593 g/mol. The predicted molar refractivity (Wildman–Crippen MR) is 161 cm³/mol. The standard InChI is InChI=1S/C34H38F3N3O3/c1-3-43-31(41)25-13-10-16-30(24(25)2)40-21-19-39(20-22-40)18-9-8-17-33(32(42)38-23-34(35,36)37)28-14-6-4-11-26(28)27-12-5-7-15-29(27)33/h4-7,10-16H,3,8-9,17-23H2,1-2H3,(H,38,42). The Morgan fingerprint density at radius 2 is 1.51 bits per heavy atom. The van der Waals surface area contributed by atoms with Crippen LogP contribution in [0.2, 0.25) is 0 Å². The fraction of sp³-hybridized carbons (Fsp3) is 0.412. The van der Waals surface area contributed by atoms with E-state index in [9.17, 15) is 22.8 Å². The van der Waals surface area contributed by atoms with Crippen LogP contribution in [0.5, 0.6) is 0 Å². The van der Waals surface area contributed by atoms with Crippen molar-refractivity contribution in [1.29, 1.82) is 0 Å². The molecule has 1 aliphatic heterocycles. The summed E-state index contributed by atoms with van der Waals surface area (Å²) in [6.45, 7) is 6.90. The first-order valence-corrected chi connectivity index (χ1v) is 14.9. The number of esters is 1. The summed E-state index contributed by atoms with van der Waals surface area (Å²) in [6, 6.07) is 20.8. The number of nitrogens with zero attached hydrogens (tertiary/aromatic N) is 2. The van der Waals surface area contributed by atoms with E-state index in [1.54, 1.807) is 13.0 Å². The second-order valence-corrected chi connectivity index (χ2v) is 11.3. The molecule has 1 fully saturated rings. The maximum absolute atomic E-state index is 13.7. The third kappa shape index (κ3) is 6.27. The van der Waals surface area contributed by atoms with Gasteiger partial charge in [-0.15, -0.1) is 0 Å². The average molecular weight is 594 g/mol. The van der Waals surface area contributed by atoms with Crippen LogP contribution in [0, 0.1) is 6.92 Å². The lowest BCUT2D eigenvalue weighted by molar-refractivity contribution is -0.141. The van der Waals surface area contributed by atoms with Crippen molar-refractivity contribution in [3.05, 3.63) is 89.0 Å². The molecule has 6 nitrogen and oxygen atoms in total. The highest BCUT2D eigenvalue weighted by molar-refractivity contribution is 6.00. The van der Waals surface area contributed by atoms with Gasteiger partial charge < -0.3 is 15.0 Å². The highest BCUT2D eigenvalue weighted by atomic mass is 19.4. The first-order chi connectivity index (χ1) is 20.7. The van der Waals surface area contributed by atoms with Gasteiger partial charge in [-0.3, -0.25) is 9.69 Å². The lowest BCUT2D eigenvalue weighted by Crippen LogP contribution is -2.48. The van der Waals surface area contributed by atoms with Crippen LogP contribution in [0.1, 0.15) is 53.2 Å². The number of anilines is 1. The Bertz CT molecular complexity index is 1420. The molecule has 5 rings (SSSR count). The number of hydrogen-bond donors (Lipinski definition) is 1. The number of alkyl halides is 3. The van der Waals surface area contributed by atoms with Crippen LogP contribution in [-0.2, 0) is 14.9 Å². The lowest BCUT2D eigenvalue weighted by Gasteiger charge is -2.37. The zero-order valence-corrected chi connectivity index (χ0v) is 24.7. The van der Waals surface area contributed by atoms with Crippen molar-refractivity contribution in [2.75, 3.05) is 50.8 Å². The van der Waals surface area contributed by atoms with Gasteiger partial charge in [-0.1, -0.05) is 61.0 Å². The zero-order valence-electron chi connectivity index (χ0n) is 24.7. The van der Waals surface area contributed by atoms with E-state index >= 15 is 0 Å². The van der Waals surface area contributed by atoms with Crippen molar-refractivity contribution >= 4 is 17.6 Å². The van der Waals surface area contributed by atoms with Gasteiger partial charge in [0, 0.05) is 31.9 Å². The molecule has 2 aliphatic rings. The van der Waals surface area contributed by atoms with Crippen LogP contribution in [-0.4, -0.2) is 68.8 Å². The molecular weight excluding hydrogens is 555 g/mol. The number of fused-ring (bicyclic) bond motifs is 3. The molecular formula is C34H38F3N3O3. The van der Waals surface area contributed by atoms with E-state index in [0.717, 1.165) is 72.6 Å². The average Bonchev–Trinajstić information content (AvgIpc) is 3.29. The SMILES string of the molecule is CCOC(=O)c1cccc(N2CCN(CCCCC3(C(=O)NCC(F)(F)F)c4ccccc4-c4ccccc43)CC2)c1C. The van der Waals surface area contributed by atoms with Crippen LogP contribution in [0.25, 0.3) is 11.1 Å². The van der Waals surface area contributed by atoms with E-state index in [4.69, 9.17) is 4.74 Å². The first-order valence-electron chi connectivity index (χ1n) is 14.9. The molecule has 43 heavy (non-hydrogen) atoms. The van der Waals surface area contributed by atoms with Gasteiger partial charge in [0.2, 0.25) is 5.91 Å². The van der Waals surface area contributed by atoms with Crippen molar-refractivity contribution in [3.8, 4) is 11.1 Å². The van der Waals surface area contributed by atoms with E-state index < -0.39 is 24.0 Å². The molecule has 1 heterocycles. The van der Waals surface area contributed by atoms with E-state index in [0.29, 0.717) is 25.0 Å². The predicted octanol–water partition coefficient (Wildman–Crippen LogP) is 6.11. The highest BCUT2D eigenvalue weighted by Crippen LogP contribution is 2.51. The number of carbonyl (C=O) groups is 2. The van der Waals surface area contributed by atoms with E-state index in [1.165, 1.54) is 0 Å². The third-order valence-corrected chi connectivity index (χ3v) is 8.69. The zero-order chi connectivity index (χ0) is 30.6. The molecule has 0 saturated carbocycles. The van der Waals surface area contributed by atoms with Gasteiger partial charge in [0.1, 0.15) is 12.0 Å². The van der Waals surface area contributed by atoms with Crippen LogP contribution >= 0.6 is 0 Å². The summed E-state index contributed by atoms with van der Waals surface area (Å²) in [5, 5.41) is 2.21. The first kappa shape index (κ1) is 30.6. The van der Waals surface area contributed by atoms with Crippen molar-refractivity contribution < 1.29 is 27.5 Å². The van der Waals surface area contributed by atoms with Crippen LogP contribution in [0.15, 0.2) is 66.7 Å². The molecule has 3 aromatic rings. The lowest BCUT2D eigenvalue weighted by atomic mass is 9.73. The normalized spacial score (nSPS) is 16.0. The Labute approximate surface area is 250 Å². The fourth-order valence-corrected chi connectivity index (χ4v) is 6.62. The Balaban J connectivity index is 1.24.